The molecule has 94 valence electrons. The number of hydrogen-bond acceptors (Lipinski definition) is 3. The van der Waals surface area contributed by atoms with Crippen molar-refractivity contribution in [3.63, 3.8) is 0 Å². The van der Waals surface area contributed by atoms with Crippen molar-refractivity contribution in [3.8, 4) is 5.75 Å². The molecule has 1 atom stereocenters. The molecule has 5 heteroatoms. The van der Waals surface area contributed by atoms with E-state index in [4.69, 9.17) is 9.84 Å². The number of hydroxylamine groups is 2. The molecule has 1 unspecified atom stereocenters. The SMILES string of the molecule is CCCOc1ccc(C(C)N(O)C(=O)O)cc1. The second-order valence-electron chi connectivity index (χ2n) is 3.72. The summed E-state index contributed by atoms with van der Waals surface area (Å²) in [6.07, 6.45) is -0.439. The fourth-order valence-electron chi connectivity index (χ4n) is 1.37. The summed E-state index contributed by atoms with van der Waals surface area (Å²) in [7, 11) is 0. The molecule has 0 bridgehead atoms. The molecule has 0 radical (unpaired) electrons. The monoisotopic (exact) mass is 239 g/mol. The summed E-state index contributed by atoms with van der Waals surface area (Å²) in [4.78, 5) is 10.6. The Hall–Kier alpha value is -1.75. The number of ether oxygens (including phenoxy) is 1. The highest BCUT2D eigenvalue weighted by Crippen LogP contribution is 2.21. The highest BCUT2D eigenvalue weighted by atomic mass is 16.6. The van der Waals surface area contributed by atoms with Crippen LogP contribution in [0.15, 0.2) is 24.3 Å². The van der Waals surface area contributed by atoms with E-state index in [1.165, 1.54) is 0 Å². The van der Waals surface area contributed by atoms with Gasteiger partial charge in [-0.05, 0) is 31.0 Å². The van der Waals surface area contributed by atoms with Crippen molar-refractivity contribution in [1.82, 2.24) is 5.06 Å². The van der Waals surface area contributed by atoms with Gasteiger partial charge in [0.25, 0.3) is 0 Å². The fourth-order valence-corrected chi connectivity index (χ4v) is 1.37. The number of benzene rings is 1. The minimum Gasteiger partial charge on any atom is -0.494 e. The molecule has 0 aromatic heterocycles. The van der Waals surface area contributed by atoms with Crippen LogP contribution >= 0.6 is 0 Å². The second kappa shape index (κ2) is 6.10. The Kier molecular flexibility index (Phi) is 4.78. The molecule has 1 amide bonds. The molecule has 0 aliphatic rings. The van der Waals surface area contributed by atoms with Gasteiger partial charge in [0, 0.05) is 0 Å². The van der Waals surface area contributed by atoms with Crippen LogP contribution in [0.5, 0.6) is 5.75 Å². The molecule has 2 N–H and O–H groups in total. The van der Waals surface area contributed by atoms with Crippen molar-refractivity contribution in [1.29, 1.82) is 0 Å². The predicted octanol–water partition coefficient (Wildman–Crippen LogP) is 2.91. The Morgan fingerprint density at radius 3 is 2.47 bits per heavy atom. The van der Waals surface area contributed by atoms with E-state index < -0.39 is 12.1 Å². The lowest BCUT2D eigenvalue weighted by Crippen LogP contribution is -2.28. The normalized spacial score (nSPS) is 11.9. The molecule has 17 heavy (non-hydrogen) atoms. The first-order valence-electron chi connectivity index (χ1n) is 5.50. The van der Waals surface area contributed by atoms with Gasteiger partial charge in [-0.25, -0.2) is 4.79 Å². The molecule has 1 aromatic rings. The predicted molar refractivity (Wildman–Crippen MR) is 62.3 cm³/mol. The maximum absolute atomic E-state index is 10.6. The third kappa shape index (κ3) is 3.64. The van der Waals surface area contributed by atoms with Gasteiger partial charge in [-0.1, -0.05) is 19.1 Å². The molecule has 5 nitrogen and oxygen atoms in total. The Morgan fingerprint density at radius 2 is 2.00 bits per heavy atom. The van der Waals surface area contributed by atoms with Crippen LogP contribution in [0.1, 0.15) is 31.9 Å². The van der Waals surface area contributed by atoms with Crippen molar-refractivity contribution in [2.24, 2.45) is 0 Å². The van der Waals surface area contributed by atoms with Gasteiger partial charge >= 0.3 is 6.09 Å². The van der Waals surface area contributed by atoms with Gasteiger partial charge in [0.1, 0.15) is 5.75 Å². The molecule has 0 fully saturated rings. The summed E-state index contributed by atoms with van der Waals surface area (Å²) < 4.78 is 5.41. The first kappa shape index (κ1) is 13.3. The molecule has 1 aromatic carbocycles. The summed E-state index contributed by atoms with van der Waals surface area (Å²) in [5.41, 5.74) is 0.707. The van der Waals surface area contributed by atoms with Gasteiger partial charge in [0.05, 0.1) is 12.6 Å². The van der Waals surface area contributed by atoms with Crippen molar-refractivity contribution < 1.29 is 19.8 Å². The minimum absolute atomic E-state index is 0.280. The average Bonchev–Trinajstić information content (AvgIpc) is 2.35. The van der Waals surface area contributed by atoms with E-state index in [9.17, 15) is 10.0 Å². The highest BCUT2D eigenvalue weighted by molar-refractivity contribution is 5.64. The van der Waals surface area contributed by atoms with E-state index in [1.54, 1.807) is 31.2 Å². The van der Waals surface area contributed by atoms with E-state index in [0.717, 1.165) is 12.2 Å². The van der Waals surface area contributed by atoms with E-state index in [0.29, 0.717) is 12.2 Å². The molecule has 0 aliphatic carbocycles. The number of amides is 1. The van der Waals surface area contributed by atoms with Gasteiger partial charge in [-0.15, -0.1) is 0 Å². The Balaban J connectivity index is 2.69. The number of carboxylic acid groups (broad SMARTS) is 1. The lowest BCUT2D eigenvalue weighted by molar-refractivity contribution is -0.0928. The number of nitrogens with zero attached hydrogens (tertiary/aromatic N) is 1. The zero-order chi connectivity index (χ0) is 12.8. The average molecular weight is 239 g/mol. The number of carbonyl (C=O) groups is 1. The fraction of sp³-hybridized carbons (Fsp3) is 0.417. The van der Waals surface area contributed by atoms with Crippen LogP contribution in [-0.2, 0) is 0 Å². The maximum atomic E-state index is 10.6. The Labute approximate surface area is 100 Å². The summed E-state index contributed by atoms with van der Waals surface area (Å²) in [5.74, 6) is 0.739. The summed E-state index contributed by atoms with van der Waals surface area (Å²) in [6.45, 7) is 4.28. The maximum Gasteiger partial charge on any atom is 0.431 e. The van der Waals surface area contributed by atoms with Crippen molar-refractivity contribution in [2.75, 3.05) is 6.61 Å². The second-order valence-corrected chi connectivity index (χ2v) is 3.72. The smallest absolute Gasteiger partial charge is 0.431 e. The number of rotatable bonds is 5. The lowest BCUT2D eigenvalue weighted by atomic mass is 10.1. The Morgan fingerprint density at radius 1 is 1.41 bits per heavy atom. The molecular weight excluding hydrogens is 222 g/mol. The molecule has 0 heterocycles. The number of hydrogen-bond donors (Lipinski definition) is 2. The van der Waals surface area contributed by atoms with Crippen LogP contribution in [0.25, 0.3) is 0 Å². The first-order chi connectivity index (χ1) is 8.06. The largest absolute Gasteiger partial charge is 0.494 e. The molecular formula is C12H17NO4. The topological polar surface area (TPSA) is 70.0 Å². The van der Waals surface area contributed by atoms with Crippen molar-refractivity contribution in [3.05, 3.63) is 29.8 Å². The van der Waals surface area contributed by atoms with Gasteiger partial charge in [0.2, 0.25) is 0 Å². The highest BCUT2D eigenvalue weighted by Gasteiger charge is 2.18. The minimum atomic E-state index is -1.37. The van der Waals surface area contributed by atoms with Crippen LogP contribution < -0.4 is 4.74 Å². The van der Waals surface area contributed by atoms with E-state index in [2.05, 4.69) is 0 Å². The summed E-state index contributed by atoms with van der Waals surface area (Å²) in [6, 6.07) is 6.39. The van der Waals surface area contributed by atoms with Crippen LogP contribution in [0, 0.1) is 0 Å². The molecule has 0 saturated heterocycles. The molecule has 0 saturated carbocycles. The molecule has 0 spiro atoms. The first-order valence-corrected chi connectivity index (χ1v) is 5.50. The lowest BCUT2D eigenvalue weighted by Gasteiger charge is -2.19. The summed E-state index contributed by atoms with van der Waals surface area (Å²) >= 11 is 0. The van der Waals surface area contributed by atoms with Gasteiger partial charge < -0.3 is 9.84 Å². The standard InChI is InChI=1S/C12H17NO4/c1-3-8-17-11-6-4-10(5-7-11)9(2)13(16)12(14)15/h4-7,9,16H,3,8H2,1-2H3,(H,14,15). The van der Waals surface area contributed by atoms with Gasteiger partial charge in [-0.3, -0.25) is 5.21 Å². The van der Waals surface area contributed by atoms with E-state index >= 15 is 0 Å². The van der Waals surface area contributed by atoms with Gasteiger partial charge in [0.15, 0.2) is 0 Å². The molecule has 0 aliphatic heterocycles. The third-order valence-corrected chi connectivity index (χ3v) is 2.40. The van der Waals surface area contributed by atoms with Crippen LogP contribution in [-0.4, -0.2) is 28.1 Å². The zero-order valence-electron chi connectivity index (χ0n) is 9.96. The molecule has 1 rings (SSSR count). The van der Waals surface area contributed by atoms with Crippen molar-refractivity contribution in [2.45, 2.75) is 26.3 Å². The van der Waals surface area contributed by atoms with Crippen LogP contribution in [0.4, 0.5) is 4.79 Å². The van der Waals surface area contributed by atoms with E-state index in [-0.39, 0.29) is 5.06 Å². The Bertz CT molecular complexity index is 363. The quantitative estimate of drug-likeness (QED) is 0.612. The summed E-state index contributed by atoms with van der Waals surface area (Å²) in [5, 5.41) is 18.2. The van der Waals surface area contributed by atoms with E-state index in [1.807, 2.05) is 6.92 Å². The van der Waals surface area contributed by atoms with Crippen LogP contribution in [0.3, 0.4) is 0 Å². The zero-order valence-corrected chi connectivity index (χ0v) is 9.96. The third-order valence-electron chi connectivity index (χ3n) is 2.40. The van der Waals surface area contributed by atoms with Crippen LogP contribution in [0.2, 0.25) is 0 Å². The van der Waals surface area contributed by atoms with Crippen molar-refractivity contribution >= 4 is 6.09 Å². The van der Waals surface area contributed by atoms with Gasteiger partial charge in [-0.2, -0.15) is 5.06 Å².